The van der Waals surface area contributed by atoms with Crippen LogP contribution in [0, 0.1) is 6.92 Å². The minimum Gasteiger partial charge on any atom is -0.396 e. The van der Waals surface area contributed by atoms with Gasteiger partial charge in [0.2, 0.25) is 0 Å². The largest absolute Gasteiger partial charge is 0.396 e. The molecule has 112 valence electrons. The van der Waals surface area contributed by atoms with Gasteiger partial charge in [-0.25, -0.2) is 4.98 Å². The number of aryl methyl sites for hydroxylation is 1. The first kappa shape index (κ1) is 13.4. The molecule has 0 saturated carbocycles. The van der Waals surface area contributed by atoms with E-state index < -0.39 is 5.79 Å². The zero-order valence-electron chi connectivity index (χ0n) is 12.4. The Labute approximate surface area is 127 Å². The van der Waals surface area contributed by atoms with Crippen LogP contribution < -0.4 is 5.73 Å². The molecule has 2 aromatic heterocycles. The van der Waals surface area contributed by atoms with Crippen molar-refractivity contribution >= 4 is 23.1 Å². The third-order valence-electron chi connectivity index (χ3n) is 4.05. The predicted octanol–water partition coefficient (Wildman–Crippen LogP) is 2.53. The van der Waals surface area contributed by atoms with E-state index in [0.717, 1.165) is 22.7 Å². The van der Waals surface area contributed by atoms with Gasteiger partial charge in [0.25, 0.3) is 0 Å². The Bertz CT molecular complexity index is 712. The van der Waals surface area contributed by atoms with Crippen LogP contribution in [-0.4, -0.2) is 33.1 Å². The van der Waals surface area contributed by atoms with Gasteiger partial charge in [-0.1, -0.05) is 0 Å². The molecule has 6 heteroatoms. The molecule has 0 aliphatic carbocycles. The second kappa shape index (κ2) is 4.38. The molecular formula is C15H19N3O2S. The summed E-state index contributed by atoms with van der Waals surface area (Å²) in [4.78, 5) is 4.48. The lowest BCUT2D eigenvalue weighted by Crippen LogP contribution is -2.24. The van der Waals surface area contributed by atoms with Crippen molar-refractivity contribution in [1.82, 2.24) is 9.38 Å². The summed E-state index contributed by atoms with van der Waals surface area (Å²) in [6.07, 6.45) is 4.23. The van der Waals surface area contributed by atoms with Crippen LogP contribution in [0.15, 0.2) is 18.5 Å². The van der Waals surface area contributed by atoms with Crippen LogP contribution in [0.4, 0.5) is 5.69 Å². The fraction of sp³-hybridized carbons (Fsp3) is 0.533. The van der Waals surface area contributed by atoms with Crippen molar-refractivity contribution in [1.29, 1.82) is 0 Å². The standard InChI is InChI=1S/C15H19N3O2S/c1-8-4-9(16)14-17-5-10(18(14)6-8)13-12-11(7-21-13)19-15(2,3)20-12/h4-6,11-13H,7,16H2,1-3H3/t11?,12-,13-/m0/s1. The van der Waals surface area contributed by atoms with E-state index in [4.69, 9.17) is 15.2 Å². The lowest BCUT2D eigenvalue weighted by atomic mass is 10.1. The third-order valence-corrected chi connectivity index (χ3v) is 5.44. The zero-order chi connectivity index (χ0) is 14.8. The lowest BCUT2D eigenvalue weighted by Gasteiger charge is -2.21. The Morgan fingerprint density at radius 2 is 2.24 bits per heavy atom. The van der Waals surface area contributed by atoms with E-state index in [-0.39, 0.29) is 17.5 Å². The molecule has 0 spiro atoms. The van der Waals surface area contributed by atoms with Gasteiger partial charge in [0.1, 0.15) is 6.10 Å². The second-order valence-electron chi connectivity index (χ2n) is 6.24. The number of pyridine rings is 1. The first-order valence-corrected chi connectivity index (χ1v) is 8.20. The topological polar surface area (TPSA) is 61.8 Å². The molecule has 0 radical (unpaired) electrons. The zero-order valence-corrected chi connectivity index (χ0v) is 13.2. The van der Waals surface area contributed by atoms with Crippen molar-refractivity contribution in [2.75, 3.05) is 11.5 Å². The summed E-state index contributed by atoms with van der Waals surface area (Å²) in [6.45, 7) is 6.00. The molecule has 2 aromatic rings. The van der Waals surface area contributed by atoms with E-state index in [1.54, 1.807) is 0 Å². The molecule has 5 nitrogen and oxygen atoms in total. The predicted molar refractivity (Wildman–Crippen MR) is 83.4 cm³/mol. The maximum Gasteiger partial charge on any atom is 0.163 e. The number of imidazole rings is 1. The van der Waals surface area contributed by atoms with Crippen LogP contribution in [-0.2, 0) is 9.47 Å². The second-order valence-corrected chi connectivity index (χ2v) is 7.42. The monoisotopic (exact) mass is 305 g/mol. The summed E-state index contributed by atoms with van der Waals surface area (Å²) in [7, 11) is 0. The van der Waals surface area contributed by atoms with Gasteiger partial charge < -0.3 is 19.6 Å². The smallest absolute Gasteiger partial charge is 0.163 e. The SMILES string of the molecule is Cc1cc(N)c2ncc([C@@H]3SCC4OC(C)(C)O[C@@H]43)n2c1. The van der Waals surface area contributed by atoms with Crippen molar-refractivity contribution in [3.63, 3.8) is 0 Å². The van der Waals surface area contributed by atoms with E-state index in [9.17, 15) is 0 Å². The van der Waals surface area contributed by atoms with Crippen molar-refractivity contribution in [3.8, 4) is 0 Å². The Morgan fingerprint density at radius 3 is 3.05 bits per heavy atom. The number of hydrogen-bond acceptors (Lipinski definition) is 5. The summed E-state index contributed by atoms with van der Waals surface area (Å²) in [5.74, 6) is 0.456. The molecule has 0 aromatic carbocycles. The summed E-state index contributed by atoms with van der Waals surface area (Å²) < 4.78 is 14.2. The summed E-state index contributed by atoms with van der Waals surface area (Å²) in [5.41, 5.74) is 9.87. The number of aromatic nitrogens is 2. The van der Waals surface area contributed by atoms with Gasteiger partial charge in [-0.2, -0.15) is 0 Å². The number of fused-ring (bicyclic) bond motifs is 2. The summed E-state index contributed by atoms with van der Waals surface area (Å²) in [6, 6.07) is 1.95. The Morgan fingerprint density at radius 1 is 1.43 bits per heavy atom. The fourth-order valence-electron chi connectivity index (χ4n) is 3.28. The minimum absolute atomic E-state index is 0.0756. The Hall–Kier alpha value is -1.24. The average Bonchev–Trinajstić information content (AvgIpc) is 3.00. The van der Waals surface area contributed by atoms with E-state index in [1.807, 2.05) is 44.8 Å². The molecule has 0 bridgehead atoms. The van der Waals surface area contributed by atoms with Crippen molar-refractivity contribution in [2.45, 2.75) is 44.0 Å². The number of anilines is 1. The molecule has 2 fully saturated rings. The van der Waals surface area contributed by atoms with Gasteiger partial charge in [-0.15, -0.1) is 11.8 Å². The minimum atomic E-state index is -0.496. The number of nitrogens with zero attached hydrogens (tertiary/aromatic N) is 2. The Kier molecular flexibility index (Phi) is 2.80. The van der Waals surface area contributed by atoms with Crippen molar-refractivity contribution in [3.05, 3.63) is 29.7 Å². The molecule has 4 rings (SSSR count). The summed E-state index contributed by atoms with van der Waals surface area (Å²) in [5, 5.41) is 0.230. The highest BCUT2D eigenvalue weighted by Gasteiger charge is 2.50. The number of hydrogen-bond donors (Lipinski definition) is 1. The van der Waals surface area contributed by atoms with Crippen LogP contribution in [0.5, 0.6) is 0 Å². The van der Waals surface area contributed by atoms with Crippen LogP contribution in [0.3, 0.4) is 0 Å². The molecule has 2 aliphatic rings. The van der Waals surface area contributed by atoms with Gasteiger partial charge in [-0.05, 0) is 32.4 Å². The maximum absolute atomic E-state index is 6.10. The van der Waals surface area contributed by atoms with Gasteiger partial charge in [-0.3, -0.25) is 0 Å². The highest BCUT2D eigenvalue weighted by molar-refractivity contribution is 7.99. The lowest BCUT2D eigenvalue weighted by molar-refractivity contribution is -0.145. The molecule has 1 unspecified atom stereocenters. The number of nitrogen functional groups attached to an aromatic ring is 1. The molecule has 2 saturated heterocycles. The first-order valence-electron chi connectivity index (χ1n) is 7.15. The van der Waals surface area contributed by atoms with Crippen LogP contribution in [0.2, 0.25) is 0 Å². The van der Waals surface area contributed by atoms with Crippen molar-refractivity contribution in [2.24, 2.45) is 0 Å². The van der Waals surface area contributed by atoms with E-state index in [2.05, 4.69) is 15.6 Å². The van der Waals surface area contributed by atoms with E-state index in [1.165, 1.54) is 0 Å². The molecule has 4 heterocycles. The van der Waals surface area contributed by atoms with Gasteiger partial charge in [0.15, 0.2) is 11.4 Å². The average molecular weight is 305 g/mol. The molecule has 0 amide bonds. The van der Waals surface area contributed by atoms with Gasteiger partial charge in [0, 0.05) is 11.9 Å². The van der Waals surface area contributed by atoms with Crippen LogP contribution >= 0.6 is 11.8 Å². The third kappa shape index (κ3) is 2.05. The first-order chi connectivity index (χ1) is 9.94. The van der Waals surface area contributed by atoms with E-state index >= 15 is 0 Å². The molecule has 2 N–H and O–H groups in total. The molecule has 21 heavy (non-hydrogen) atoms. The number of rotatable bonds is 1. The number of ether oxygens (including phenoxy) is 2. The van der Waals surface area contributed by atoms with Crippen molar-refractivity contribution < 1.29 is 9.47 Å². The molecule has 2 aliphatic heterocycles. The molecular weight excluding hydrogens is 286 g/mol. The normalized spacial score (nSPS) is 30.9. The van der Waals surface area contributed by atoms with Crippen LogP contribution in [0.1, 0.15) is 30.4 Å². The van der Waals surface area contributed by atoms with E-state index in [0.29, 0.717) is 5.69 Å². The quantitative estimate of drug-likeness (QED) is 0.877. The fourth-order valence-corrected chi connectivity index (χ4v) is 4.70. The molecule has 3 atom stereocenters. The highest BCUT2D eigenvalue weighted by Crippen LogP contribution is 2.49. The highest BCUT2D eigenvalue weighted by atomic mass is 32.2. The van der Waals surface area contributed by atoms with Gasteiger partial charge >= 0.3 is 0 Å². The number of thioether (sulfide) groups is 1. The van der Waals surface area contributed by atoms with Crippen LogP contribution in [0.25, 0.3) is 5.65 Å². The maximum atomic E-state index is 6.10. The number of nitrogens with two attached hydrogens (primary N) is 1. The summed E-state index contributed by atoms with van der Waals surface area (Å²) >= 11 is 1.87. The van der Waals surface area contributed by atoms with Gasteiger partial charge in [0.05, 0.1) is 28.9 Å². The Balaban J connectivity index is 1.77.